The Morgan fingerprint density at radius 2 is 0.593 bits per heavy atom. The smallest absolute Gasteiger partial charge is 0.550 e. The third kappa shape index (κ3) is 25.0. The van der Waals surface area contributed by atoms with E-state index in [4.69, 9.17) is 0 Å². The van der Waals surface area contributed by atoms with Crippen molar-refractivity contribution in [3.8, 4) is 45.0 Å². The molecule has 113 heavy (non-hydrogen) atoms. The summed E-state index contributed by atoms with van der Waals surface area (Å²) in [7, 11) is -11.4. The summed E-state index contributed by atoms with van der Waals surface area (Å²) in [6, 6.07) is 21.0. The van der Waals surface area contributed by atoms with Crippen LogP contribution in [0.3, 0.4) is 0 Å². The molecule has 28 nitrogen and oxygen atoms in total. The Hall–Kier alpha value is -9.08. The van der Waals surface area contributed by atoms with Gasteiger partial charge in [0.1, 0.15) is 23.3 Å². The van der Waals surface area contributed by atoms with Crippen LogP contribution in [-0.2, 0) is 49.7 Å². The van der Waals surface area contributed by atoms with E-state index in [1.165, 1.54) is 162 Å². The van der Waals surface area contributed by atoms with E-state index in [9.17, 15) is 91.5 Å². The number of carboxylic acids is 2. The second kappa shape index (κ2) is 39.3. The van der Waals surface area contributed by atoms with Crippen LogP contribution in [0.25, 0.3) is 69.3 Å². The minimum absolute atomic E-state index is 0. The average molecular weight is 1670 g/mol. The first-order valence-electron chi connectivity index (χ1n) is 34.6. The largest absolute Gasteiger partial charge is 2.00 e. The number of nitrogens with zero attached hydrogens (tertiary/aromatic N) is 12. The van der Waals surface area contributed by atoms with Gasteiger partial charge in [-0.1, -0.05) is 79.7 Å². The number of sulfonamides is 4. The van der Waals surface area contributed by atoms with E-state index < -0.39 is 113 Å². The van der Waals surface area contributed by atoms with E-state index >= 15 is 0 Å². The number of halogens is 4. The number of aliphatic carboxylic acids is 2. The number of benzene rings is 4. The van der Waals surface area contributed by atoms with Gasteiger partial charge in [-0.05, 0) is 133 Å². The van der Waals surface area contributed by atoms with Crippen LogP contribution in [0.4, 0.5) is 41.4 Å². The SMILES string of the molecule is CC(C)c1nc(N(C)S(C)(=O)=O)nc(-c2ccc(F)cc2)c1/C=C/S(=O)(=O)N(C)c1nc(-c2ccc(F)cc2)c(/C=C/[C@@H](O)C[C@@H](O)CC(=O)[O-])c(C(C)C)n1.CC(C)c1nc(N(C)S(C)(=O)=O)nc(-c2ccc(F)cc2)c1/C=C/S(=O)(=O)N(C)c1nc(-c2ccc(F)cc2)c(/C=C/[C@@H](O)C[C@@H](O)CC(=O)[O-])c(C(C)C)n1.[Ca+2]. The maximum atomic E-state index is 14.1. The monoisotopic (exact) mass is 1670 g/mol. The van der Waals surface area contributed by atoms with Crippen molar-refractivity contribution < 1.29 is 91.5 Å². The second-order valence-electron chi connectivity index (χ2n) is 27.2. The third-order valence-electron chi connectivity index (χ3n) is 17.0. The minimum atomic E-state index is -4.41. The summed E-state index contributed by atoms with van der Waals surface area (Å²) in [6.07, 6.45) is 2.71. The summed E-state index contributed by atoms with van der Waals surface area (Å²) in [6.45, 7) is 14.3. The van der Waals surface area contributed by atoms with E-state index in [2.05, 4.69) is 39.9 Å². The molecule has 0 radical (unpaired) electrons. The van der Waals surface area contributed by atoms with E-state index in [1.807, 2.05) is 0 Å². The van der Waals surface area contributed by atoms with Crippen LogP contribution in [0, 0.1) is 23.3 Å². The van der Waals surface area contributed by atoms with Gasteiger partial charge in [0.2, 0.25) is 43.8 Å². The van der Waals surface area contributed by atoms with Gasteiger partial charge in [0, 0.05) is 110 Å². The Labute approximate surface area is 684 Å². The van der Waals surface area contributed by atoms with Crippen molar-refractivity contribution >= 4 is 138 Å². The summed E-state index contributed by atoms with van der Waals surface area (Å²) >= 11 is 0. The Morgan fingerprint density at radius 1 is 0.381 bits per heavy atom. The summed E-state index contributed by atoms with van der Waals surface area (Å²) in [5.41, 5.74) is 4.61. The number of hydrogen-bond acceptors (Lipinski definition) is 24. The molecule has 0 bridgehead atoms. The van der Waals surface area contributed by atoms with E-state index in [0.717, 1.165) is 40.5 Å². The number of carbonyl (C=O) groups excluding carboxylic acids is 2. The number of carbonyl (C=O) groups is 2. The van der Waals surface area contributed by atoms with Crippen LogP contribution in [0.15, 0.2) is 120 Å². The quantitative estimate of drug-likeness (QED) is 0.0228. The molecule has 600 valence electrons. The molecule has 4 aromatic heterocycles. The van der Waals surface area contributed by atoms with Crippen LogP contribution >= 0.6 is 0 Å². The van der Waals surface area contributed by atoms with Crippen molar-refractivity contribution in [3.63, 3.8) is 0 Å². The molecule has 4 aromatic carbocycles. The van der Waals surface area contributed by atoms with Crippen LogP contribution in [0.5, 0.6) is 0 Å². The maximum Gasteiger partial charge on any atom is 2.00 e. The molecule has 4 heterocycles. The van der Waals surface area contributed by atoms with Gasteiger partial charge in [-0.25, -0.2) is 108 Å². The molecule has 0 aliphatic carbocycles. The molecule has 4 atom stereocenters. The van der Waals surface area contributed by atoms with Gasteiger partial charge in [-0.3, -0.25) is 0 Å². The van der Waals surface area contributed by atoms with Gasteiger partial charge in [-0.15, -0.1) is 0 Å². The van der Waals surface area contributed by atoms with Gasteiger partial charge in [0.05, 0.1) is 93.3 Å². The normalized spacial score (nSPS) is 13.4. The molecular formula is C76H86CaF4N12O16S4. The number of carboxylic acid groups (broad SMARTS) is 2. The molecule has 37 heteroatoms. The molecule has 0 aliphatic heterocycles. The third-order valence-corrected chi connectivity index (χ3v) is 22.1. The molecule has 8 aromatic rings. The molecular weight excluding hydrogens is 1580 g/mol. The van der Waals surface area contributed by atoms with Crippen molar-refractivity contribution in [2.75, 3.05) is 57.9 Å². The van der Waals surface area contributed by atoms with E-state index in [1.54, 1.807) is 55.4 Å². The van der Waals surface area contributed by atoms with Crippen molar-refractivity contribution in [3.05, 3.63) is 188 Å². The summed E-state index contributed by atoms with van der Waals surface area (Å²) in [5.74, 6) is -7.41. The number of hydrogen-bond donors (Lipinski definition) is 4. The first-order chi connectivity index (χ1) is 52.2. The molecule has 0 amide bonds. The Kier molecular flexibility index (Phi) is 32.3. The molecule has 0 fully saturated rings. The minimum Gasteiger partial charge on any atom is -0.550 e. The average Bonchev–Trinajstić information content (AvgIpc) is 0.784. The van der Waals surface area contributed by atoms with Gasteiger partial charge >= 0.3 is 37.7 Å². The van der Waals surface area contributed by atoms with Crippen LogP contribution in [-0.4, -0.2) is 209 Å². The molecule has 4 N–H and O–H groups in total. The summed E-state index contributed by atoms with van der Waals surface area (Å²) in [5, 5.41) is 64.6. The first kappa shape index (κ1) is 92.8. The van der Waals surface area contributed by atoms with Gasteiger partial charge < -0.3 is 40.2 Å². The van der Waals surface area contributed by atoms with Crippen LogP contribution in [0.2, 0.25) is 0 Å². The Bertz CT molecular complexity index is 5020. The predicted molar refractivity (Wildman–Crippen MR) is 422 cm³/mol. The van der Waals surface area contributed by atoms with Crippen LogP contribution < -0.4 is 27.4 Å². The van der Waals surface area contributed by atoms with Gasteiger partial charge in [-0.2, -0.15) is 0 Å². The molecule has 0 spiro atoms. The fourth-order valence-electron chi connectivity index (χ4n) is 10.9. The maximum absolute atomic E-state index is 14.1. The van der Waals surface area contributed by atoms with Crippen molar-refractivity contribution in [2.45, 2.75) is 129 Å². The van der Waals surface area contributed by atoms with Crippen molar-refractivity contribution in [2.24, 2.45) is 0 Å². The Morgan fingerprint density at radius 3 is 0.796 bits per heavy atom. The summed E-state index contributed by atoms with van der Waals surface area (Å²) in [4.78, 5) is 58.0. The van der Waals surface area contributed by atoms with Crippen molar-refractivity contribution in [1.29, 1.82) is 0 Å². The van der Waals surface area contributed by atoms with Gasteiger partial charge in [0.15, 0.2) is 0 Å². The molecule has 0 aliphatic rings. The van der Waals surface area contributed by atoms with E-state index in [-0.39, 0.29) is 132 Å². The zero-order valence-corrected chi connectivity index (χ0v) is 69.7. The predicted octanol–water partition coefficient (Wildman–Crippen LogP) is 8.07. The Balaban J connectivity index is 0.000000349. The van der Waals surface area contributed by atoms with Crippen LogP contribution in [0.1, 0.15) is 150 Å². The first-order valence-corrected chi connectivity index (χ1v) is 41.3. The fourth-order valence-corrected chi connectivity index (χ4v) is 13.2. The topological polar surface area (TPSA) is 414 Å². The molecule has 8 rings (SSSR count). The zero-order chi connectivity index (χ0) is 83.4. The number of aliphatic hydroxyl groups excluding tert-OH is 4. The number of aliphatic hydroxyl groups is 4. The number of rotatable bonds is 32. The van der Waals surface area contributed by atoms with Gasteiger partial charge in [0.25, 0.3) is 20.0 Å². The fraction of sp³-hybridized carbons (Fsp3) is 0.342. The number of anilines is 4. The van der Waals surface area contributed by atoms with E-state index in [0.29, 0.717) is 56.2 Å². The standard InChI is InChI=1S/2C38H44F2N6O8S2.Ca/c2*1-22(2)33-30(17-16-28(47)20-29(48)21-32(49)50)35(24-8-12-26(39)13-9-24)44-38(42-33)46(6)56(53,54)19-18-31-34(23(3)4)41-37(45(5)55(7,51)52)43-36(31)25-10-14-27(40)15-11-25;/h2*8-19,22-23,28-29,47-48H,20-21H2,1-7H3,(H,49,50);/q;;+2/p-2/b2*17-16+,19-18+;/t2*28-,29-;/m11./s1. The molecule has 0 saturated heterocycles. The number of aromatic nitrogens is 8. The zero-order valence-electron chi connectivity index (χ0n) is 64.2. The molecule has 0 saturated carbocycles. The second-order valence-corrected chi connectivity index (χ2v) is 34.9. The summed E-state index contributed by atoms with van der Waals surface area (Å²) < 4.78 is 165. The molecule has 0 unspecified atom stereocenters. The van der Waals surface area contributed by atoms with Crippen molar-refractivity contribution in [1.82, 2.24) is 39.9 Å².